The smallest absolute Gasteiger partial charge is 0.731 e. The first-order chi connectivity index (χ1) is 18.8. The van der Waals surface area contributed by atoms with Gasteiger partial charge in [-0.05, 0) is 19.9 Å². The summed E-state index contributed by atoms with van der Waals surface area (Å²) in [5.74, 6) is -5.67. The number of nitrogens with zero attached hydrogens (tertiary/aromatic N) is 3. The average molecular weight is 678 g/mol. The number of rotatable bonds is 13. The molecule has 0 saturated carbocycles. The Balaban J connectivity index is 0.00000882. The Morgan fingerprint density at radius 2 is 1.88 bits per heavy atom. The molecule has 1 saturated heterocycles. The van der Waals surface area contributed by atoms with Crippen LogP contribution in [0.15, 0.2) is 10.5 Å². The summed E-state index contributed by atoms with van der Waals surface area (Å²) in [6.07, 6.45) is 0. The van der Waals surface area contributed by atoms with Gasteiger partial charge in [-0.3, -0.25) is 14.4 Å². The molecule has 0 aliphatic carbocycles. The summed E-state index contributed by atoms with van der Waals surface area (Å²) >= 11 is 6.35. The SMILES string of the molecule is COC(=O)C1C(NC(=O)C(=NOC(C)(C)C(=O)OCC[Si](C)(C)C)c2csc(NC(=O)CCl)n2)C(=O)N1S(=O)(=O)[O-].[Na+]. The number of carbonyl (C=O) groups excluding carboxylic acids is 5. The van der Waals surface area contributed by atoms with E-state index in [1.807, 2.05) is 0 Å². The Kier molecular flexibility index (Phi) is 13.6. The molecule has 0 bridgehead atoms. The van der Waals surface area contributed by atoms with Crippen molar-refractivity contribution in [2.75, 3.05) is 24.9 Å². The molecule has 1 fully saturated rings. The minimum absolute atomic E-state index is 0. The van der Waals surface area contributed by atoms with Gasteiger partial charge in [0, 0.05) is 13.5 Å². The monoisotopic (exact) mass is 677 g/mol. The van der Waals surface area contributed by atoms with Gasteiger partial charge in [0.25, 0.3) is 11.8 Å². The number of esters is 2. The standard InChI is InChI=1S/C21H30ClN5O11S2Si.Na/c1-21(2,19(32)37-7-8-41(4,5)6)38-26-13(11-10-39-20(23-11)24-12(28)9-22)16(29)25-14-15(18(31)36-3)27(17(14)30)40(33,34)35;/h10,14-15H,7-9H2,1-6H3,(H,25,29)(H,23,24,28)(H,33,34,35);/q;+1/p-1. The van der Waals surface area contributed by atoms with E-state index in [2.05, 4.69) is 45.2 Å². The molecular weight excluding hydrogens is 649 g/mol. The van der Waals surface area contributed by atoms with E-state index in [0.29, 0.717) is 6.04 Å². The van der Waals surface area contributed by atoms with E-state index < -0.39 is 71.4 Å². The van der Waals surface area contributed by atoms with Crippen LogP contribution in [0.3, 0.4) is 0 Å². The van der Waals surface area contributed by atoms with Gasteiger partial charge in [-0.15, -0.1) is 22.9 Å². The fraction of sp³-hybridized carbons (Fsp3) is 0.571. The van der Waals surface area contributed by atoms with Crippen molar-refractivity contribution in [2.24, 2.45) is 5.16 Å². The summed E-state index contributed by atoms with van der Waals surface area (Å²) in [6.45, 7) is 9.09. The maximum absolute atomic E-state index is 13.2. The van der Waals surface area contributed by atoms with Crippen LogP contribution in [0.5, 0.6) is 0 Å². The maximum atomic E-state index is 13.2. The fourth-order valence-corrected chi connectivity index (χ4v) is 5.35. The number of methoxy groups -OCH3 is 1. The molecule has 0 spiro atoms. The Morgan fingerprint density at radius 3 is 2.40 bits per heavy atom. The van der Waals surface area contributed by atoms with Crippen LogP contribution in [-0.2, 0) is 48.6 Å². The number of alkyl halides is 1. The number of ether oxygens (including phenoxy) is 2. The number of β-lactam (4-membered cyclic amide) rings is 1. The van der Waals surface area contributed by atoms with Crippen LogP contribution in [0.4, 0.5) is 5.13 Å². The van der Waals surface area contributed by atoms with Crippen LogP contribution in [0.1, 0.15) is 19.5 Å². The molecule has 228 valence electrons. The van der Waals surface area contributed by atoms with Gasteiger partial charge in [0.05, 0.1) is 13.7 Å². The number of anilines is 1. The van der Waals surface area contributed by atoms with E-state index >= 15 is 0 Å². The molecule has 1 aromatic rings. The van der Waals surface area contributed by atoms with Gasteiger partial charge in [-0.2, -0.15) is 0 Å². The van der Waals surface area contributed by atoms with Crippen LogP contribution in [-0.4, -0.2) is 103 Å². The van der Waals surface area contributed by atoms with Crippen molar-refractivity contribution in [2.45, 2.75) is 57.2 Å². The molecule has 2 unspecified atom stereocenters. The van der Waals surface area contributed by atoms with Crippen molar-refractivity contribution < 1.29 is 80.8 Å². The Morgan fingerprint density at radius 1 is 1.26 bits per heavy atom. The van der Waals surface area contributed by atoms with Crippen molar-refractivity contribution in [3.8, 4) is 0 Å². The minimum atomic E-state index is -5.41. The molecule has 0 aromatic carbocycles. The van der Waals surface area contributed by atoms with Crippen LogP contribution in [0.25, 0.3) is 0 Å². The summed E-state index contributed by atoms with van der Waals surface area (Å²) < 4.78 is 43.8. The van der Waals surface area contributed by atoms with E-state index in [1.165, 1.54) is 19.2 Å². The predicted octanol–water partition coefficient (Wildman–Crippen LogP) is -2.97. The first kappa shape index (κ1) is 37.9. The number of hydrogen-bond acceptors (Lipinski definition) is 14. The number of carbonyl (C=O) groups is 5. The topological polar surface area (TPSA) is 223 Å². The molecule has 1 aliphatic heterocycles. The first-order valence-electron chi connectivity index (χ1n) is 11.7. The van der Waals surface area contributed by atoms with Crippen LogP contribution >= 0.6 is 22.9 Å². The molecule has 21 heteroatoms. The van der Waals surface area contributed by atoms with Crippen LogP contribution in [0, 0.1) is 0 Å². The van der Waals surface area contributed by atoms with Crippen LogP contribution < -0.4 is 40.2 Å². The van der Waals surface area contributed by atoms with Gasteiger partial charge in [-0.25, -0.2) is 27.3 Å². The number of oxime groups is 1. The van der Waals surface area contributed by atoms with Gasteiger partial charge in [0.1, 0.15) is 17.6 Å². The second-order valence-electron chi connectivity index (χ2n) is 10.2. The van der Waals surface area contributed by atoms with E-state index in [-0.39, 0.29) is 57.2 Å². The quantitative estimate of drug-likeness (QED) is 0.0406. The fourth-order valence-electron chi connectivity index (χ4n) is 3.03. The zero-order valence-corrected chi connectivity index (χ0v) is 29.3. The van der Waals surface area contributed by atoms with Gasteiger partial charge in [0.15, 0.2) is 27.2 Å². The van der Waals surface area contributed by atoms with Crippen molar-refractivity contribution in [3.63, 3.8) is 0 Å². The summed E-state index contributed by atoms with van der Waals surface area (Å²) in [5, 5.41) is 9.51. The van der Waals surface area contributed by atoms with Crippen molar-refractivity contribution in [3.05, 3.63) is 11.1 Å². The molecule has 2 N–H and O–H groups in total. The van der Waals surface area contributed by atoms with Crippen LogP contribution in [0.2, 0.25) is 25.7 Å². The van der Waals surface area contributed by atoms with Crippen molar-refractivity contribution >= 4 is 81.8 Å². The zero-order valence-electron chi connectivity index (χ0n) is 23.9. The van der Waals surface area contributed by atoms with Gasteiger partial charge >= 0.3 is 41.5 Å². The summed E-state index contributed by atoms with van der Waals surface area (Å²) in [5.41, 5.74) is -2.53. The molecule has 1 aliphatic rings. The molecule has 0 radical (unpaired) electrons. The van der Waals surface area contributed by atoms with Crippen molar-refractivity contribution in [1.29, 1.82) is 0 Å². The second-order valence-corrected chi connectivity index (χ2v) is 18.2. The van der Waals surface area contributed by atoms with Gasteiger partial charge < -0.3 is 29.5 Å². The normalized spacial score (nSPS) is 17.4. The number of halogens is 1. The van der Waals surface area contributed by atoms with E-state index in [4.69, 9.17) is 21.2 Å². The van der Waals surface area contributed by atoms with Crippen molar-refractivity contribution in [1.82, 2.24) is 14.6 Å². The summed E-state index contributed by atoms with van der Waals surface area (Å²) in [6, 6.07) is -3.11. The van der Waals surface area contributed by atoms with E-state index in [1.54, 1.807) is 0 Å². The average Bonchev–Trinajstić information content (AvgIpc) is 3.31. The Hall–Kier alpha value is -2.13. The van der Waals surface area contributed by atoms with E-state index in [0.717, 1.165) is 18.4 Å². The molecule has 42 heavy (non-hydrogen) atoms. The molecule has 3 amide bonds. The third-order valence-corrected chi connectivity index (χ3v) is 8.89. The minimum Gasteiger partial charge on any atom is -0.731 e. The maximum Gasteiger partial charge on any atom is 1.00 e. The molecule has 2 heterocycles. The number of hydrogen-bond donors (Lipinski definition) is 2. The van der Waals surface area contributed by atoms with Gasteiger partial charge in [-0.1, -0.05) is 24.8 Å². The van der Waals surface area contributed by atoms with Gasteiger partial charge in [0.2, 0.25) is 11.5 Å². The number of thiazole rings is 1. The molecule has 2 atom stereocenters. The third-order valence-electron chi connectivity index (χ3n) is 5.29. The largest absolute Gasteiger partial charge is 1.00 e. The Labute approximate surface area is 274 Å². The predicted molar refractivity (Wildman–Crippen MR) is 147 cm³/mol. The number of amides is 3. The summed E-state index contributed by atoms with van der Waals surface area (Å²) in [7, 11) is -6.03. The third kappa shape index (κ3) is 9.96. The zero-order chi connectivity index (χ0) is 31.3. The Bertz CT molecular complexity index is 1350. The number of nitrogens with one attached hydrogen (secondary N) is 2. The first-order valence-corrected chi connectivity index (χ1v) is 18.2. The summed E-state index contributed by atoms with van der Waals surface area (Å²) in [4.78, 5) is 71.4. The number of aromatic nitrogens is 1. The molecule has 16 nitrogen and oxygen atoms in total. The second kappa shape index (κ2) is 15.0. The van der Waals surface area contributed by atoms with E-state index in [9.17, 15) is 36.9 Å². The molecule has 2 rings (SSSR count). The molecular formula is C21H29ClN5NaO11S2Si. The molecule has 1 aromatic heterocycles.